The van der Waals surface area contributed by atoms with E-state index in [0.717, 1.165) is 39.8 Å². The van der Waals surface area contributed by atoms with E-state index in [1.54, 1.807) is 0 Å². The Morgan fingerprint density at radius 1 is 1.29 bits per heavy atom. The summed E-state index contributed by atoms with van der Waals surface area (Å²) in [5, 5.41) is 5.84. The number of nitrogens with zero attached hydrogens (tertiary/aromatic N) is 2. The summed E-state index contributed by atoms with van der Waals surface area (Å²) in [6, 6.07) is 5.89. The summed E-state index contributed by atoms with van der Waals surface area (Å²) in [5.74, 6) is 0.260. The van der Waals surface area contributed by atoms with E-state index in [-0.39, 0.29) is 24.3 Å². The molecule has 1 aromatic rings. The Labute approximate surface area is 187 Å². The number of aryl methyl sites for hydroxylation is 2. The van der Waals surface area contributed by atoms with Crippen molar-refractivity contribution in [3.8, 4) is 0 Å². The van der Waals surface area contributed by atoms with Gasteiger partial charge >= 0.3 is 5.97 Å². The van der Waals surface area contributed by atoms with Crippen LogP contribution >= 0.6 is 11.8 Å². The molecule has 2 heterocycles. The molecule has 7 heteroatoms. The van der Waals surface area contributed by atoms with Crippen molar-refractivity contribution in [1.82, 2.24) is 10.2 Å². The third-order valence-corrected chi connectivity index (χ3v) is 6.87. The number of amidine groups is 1. The number of methoxy groups -OCH3 is 1. The normalized spacial score (nSPS) is 20.3. The van der Waals surface area contributed by atoms with Crippen LogP contribution in [0.15, 0.2) is 45.6 Å². The summed E-state index contributed by atoms with van der Waals surface area (Å²) >= 11 is 1.51. The number of ether oxygens (including phenoxy) is 1. The number of amides is 1. The second-order valence-electron chi connectivity index (χ2n) is 8.38. The number of fused-ring (bicyclic) bond motifs is 1. The fourth-order valence-electron chi connectivity index (χ4n) is 4.07. The molecule has 1 atom stereocenters. The molecule has 0 radical (unpaired) electrons. The van der Waals surface area contributed by atoms with Gasteiger partial charge in [-0.15, -0.1) is 0 Å². The van der Waals surface area contributed by atoms with E-state index < -0.39 is 0 Å². The number of thioether (sulfide) groups is 1. The lowest BCUT2D eigenvalue weighted by Gasteiger charge is -2.37. The fourth-order valence-corrected chi connectivity index (χ4v) is 5.01. The Kier molecular flexibility index (Phi) is 6.23. The molecule has 1 aliphatic carbocycles. The number of benzene rings is 1. The van der Waals surface area contributed by atoms with Crippen molar-refractivity contribution in [3.05, 3.63) is 57.3 Å². The molecular weight excluding hydrogens is 410 g/mol. The molecule has 1 saturated carbocycles. The van der Waals surface area contributed by atoms with E-state index in [9.17, 15) is 9.59 Å². The zero-order chi connectivity index (χ0) is 22.1. The molecule has 1 N–H and O–H groups in total. The van der Waals surface area contributed by atoms with Crippen LogP contribution in [0.25, 0.3) is 0 Å². The minimum Gasteiger partial charge on any atom is -0.466 e. The minimum atomic E-state index is -0.375. The first-order chi connectivity index (χ1) is 14.9. The molecule has 2 aliphatic heterocycles. The van der Waals surface area contributed by atoms with E-state index in [0.29, 0.717) is 17.9 Å². The maximum Gasteiger partial charge on any atom is 0.338 e. The molecule has 6 nitrogen and oxygen atoms in total. The maximum atomic E-state index is 12.9. The van der Waals surface area contributed by atoms with Gasteiger partial charge in [-0.2, -0.15) is 0 Å². The lowest BCUT2D eigenvalue weighted by Crippen LogP contribution is -2.38. The van der Waals surface area contributed by atoms with Crippen molar-refractivity contribution in [2.24, 2.45) is 10.9 Å². The highest BCUT2D eigenvalue weighted by Gasteiger charge is 2.42. The van der Waals surface area contributed by atoms with Gasteiger partial charge in [-0.1, -0.05) is 42.4 Å². The first-order valence-corrected chi connectivity index (χ1v) is 11.7. The average Bonchev–Trinajstić information content (AvgIpc) is 3.52. The summed E-state index contributed by atoms with van der Waals surface area (Å²) in [7, 11) is 1.41. The van der Waals surface area contributed by atoms with Crippen molar-refractivity contribution in [2.75, 3.05) is 13.7 Å². The van der Waals surface area contributed by atoms with Gasteiger partial charge in [0.2, 0.25) is 5.91 Å². The zero-order valence-corrected chi connectivity index (χ0v) is 19.3. The zero-order valence-electron chi connectivity index (χ0n) is 18.5. The summed E-state index contributed by atoms with van der Waals surface area (Å²) < 4.78 is 5.18. The number of aliphatic imine (C=N–C) groups is 1. The highest BCUT2D eigenvalue weighted by atomic mass is 32.2. The lowest BCUT2D eigenvalue weighted by molar-refractivity contribution is -0.136. The molecule has 4 rings (SSSR count). The Morgan fingerprint density at radius 3 is 2.74 bits per heavy atom. The Balaban J connectivity index is 1.73. The fraction of sp³-hybridized carbons (Fsp3) is 0.458. The summed E-state index contributed by atoms with van der Waals surface area (Å²) in [6.45, 7) is 6.84. The molecule has 0 saturated heterocycles. The number of carbonyl (C=O) groups excluding carboxylic acids is 2. The highest BCUT2D eigenvalue weighted by molar-refractivity contribution is 8.16. The predicted molar refractivity (Wildman–Crippen MR) is 123 cm³/mol. The van der Waals surface area contributed by atoms with Gasteiger partial charge < -0.3 is 15.0 Å². The molecule has 31 heavy (non-hydrogen) atoms. The first-order valence-electron chi connectivity index (χ1n) is 10.8. The second kappa shape index (κ2) is 8.91. The third kappa shape index (κ3) is 4.42. The smallest absolute Gasteiger partial charge is 0.338 e. The Bertz CT molecular complexity index is 1010. The van der Waals surface area contributed by atoms with Crippen LogP contribution in [0.5, 0.6) is 0 Å². The van der Waals surface area contributed by atoms with Crippen molar-refractivity contribution in [1.29, 1.82) is 0 Å². The maximum absolute atomic E-state index is 12.9. The number of esters is 1. The number of hydrogen-bond acceptors (Lipinski definition) is 6. The molecule has 0 aromatic heterocycles. The predicted octanol–water partition coefficient (Wildman–Crippen LogP) is 4.36. The molecule has 1 amide bonds. The molecular formula is C24H29N3O3S. The quantitative estimate of drug-likeness (QED) is 0.639. The van der Waals surface area contributed by atoms with E-state index in [2.05, 4.69) is 35.3 Å². The van der Waals surface area contributed by atoms with Crippen LogP contribution in [-0.2, 0) is 14.3 Å². The average molecular weight is 440 g/mol. The standard InChI is InChI=1S/C24H29N3O3S/c1-5-19-21(23(29)30-4)22(18-10-14(2)6-7-15(18)3)27-17(13-31-24(27)26-19)11-20(28)25-12-16-8-9-16/h6-7,10,13,16,22H,5,8-9,11-12H2,1-4H3,(H,25,28)/t22-/m0/s1. The molecule has 164 valence electrons. The van der Waals surface area contributed by atoms with Crippen LogP contribution in [0.2, 0.25) is 0 Å². The summed E-state index contributed by atoms with van der Waals surface area (Å²) in [5.41, 5.74) is 5.39. The SMILES string of the molecule is CCC1=C(C(=O)OC)[C@H](c2cc(C)ccc2C)N2C(CC(=O)NCC3CC3)=CSC2=N1. The molecule has 1 aromatic carbocycles. The monoisotopic (exact) mass is 439 g/mol. The van der Waals surface area contributed by atoms with Gasteiger partial charge in [0.15, 0.2) is 5.17 Å². The molecule has 1 fully saturated rings. The van der Waals surface area contributed by atoms with Gasteiger partial charge in [0, 0.05) is 12.2 Å². The third-order valence-electron chi connectivity index (χ3n) is 5.99. The number of rotatable bonds is 7. The van der Waals surface area contributed by atoms with E-state index in [1.165, 1.54) is 31.7 Å². The van der Waals surface area contributed by atoms with E-state index >= 15 is 0 Å². The van der Waals surface area contributed by atoms with Gasteiger partial charge in [0.25, 0.3) is 0 Å². The van der Waals surface area contributed by atoms with Gasteiger partial charge in [-0.25, -0.2) is 9.79 Å². The van der Waals surface area contributed by atoms with Crippen LogP contribution in [-0.4, -0.2) is 35.6 Å². The highest BCUT2D eigenvalue weighted by Crippen LogP contribution is 2.46. The lowest BCUT2D eigenvalue weighted by atomic mass is 9.89. The summed E-state index contributed by atoms with van der Waals surface area (Å²) in [6.07, 6.45) is 3.28. The van der Waals surface area contributed by atoms with Crippen LogP contribution in [0, 0.1) is 19.8 Å². The van der Waals surface area contributed by atoms with Crippen molar-refractivity contribution < 1.29 is 14.3 Å². The largest absolute Gasteiger partial charge is 0.466 e. The molecule has 0 spiro atoms. The second-order valence-corrected chi connectivity index (χ2v) is 9.22. The van der Waals surface area contributed by atoms with Crippen molar-refractivity contribution in [2.45, 2.75) is 52.5 Å². The first kappa shape index (κ1) is 21.7. The molecule has 0 unspecified atom stereocenters. The van der Waals surface area contributed by atoms with Crippen LogP contribution in [0.4, 0.5) is 0 Å². The van der Waals surface area contributed by atoms with Gasteiger partial charge in [0.1, 0.15) is 0 Å². The topological polar surface area (TPSA) is 71.0 Å². The number of allylic oxidation sites excluding steroid dienone is 1. The minimum absolute atomic E-state index is 0.00426. The van der Waals surface area contributed by atoms with Gasteiger partial charge in [0.05, 0.1) is 30.8 Å². The number of hydrogen-bond donors (Lipinski definition) is 1. The molecule has 0 bridgehead atoms. The van der Waals surface area contributed by atoms with Crippen molar-refractivity contribution in [3.63, 3.8) is 0 Å². The Hall–Kier alpha value is -2.54. The van der Waals surface area contributed by atoms with Gasteiger partial charge in [-0.3, -0.25) is 4.79 Å². The molecule has 3 aliphatic rings. The number of nitrogens with one attached hydrogen (secondary N) is 1. The van der Waals surface area contributed by atoms with Crippen molar-refractivity contribution >= 4 is 28.8 Å². The van der Waals surface area contributed by atoms with E-state index in [1.807, 2.05) is 19.3 Å². The van der Waals surface area contributed by atoms with Crippen LogP contribution in [0.1, 0.15) is 55.3 Å². The van der Waals surface area contributed by atoms with Crippen LogP contribution < -0.4 is 5.32 Å². The van der Waals surface area contributed by atoms with Crippen LogP contribution in [0.3, 0.4) is 0 Å². The van der Waals surface area contributed by atoms with E-state index in [4.69, 9.17) is 9.73 Å². The van der Waals surface area contributed by atoms with Gasteiger partial charge in [-0.05, 0) is 55.6 Å². The summed E-state index contributed by atoms with van der Waals surface area (Å²) in [4.78, 5) is 32.4. The Morgan fingerprint density at radius 2 is 2.06 bits per heavy atom. The number of carbonyl (C=O) groups is 2.